The van der Waals surface area contributed by atoms with Gasteiger partial charge in [0.25, 0.3) is 0 Å². The van der Waals surface area contributed by atoms with E-state index in [1.807, 2.05) is 6.07 Å². The lowest BCUT2D eigenvalue weighted by atomic mass is 10.00. The van der Waals surface area contributed by atoms with Crippen molar-refractivity contribution in [2.24, 2.45) is 11.8 Å². The predicted octanol–water partition coefficient (Wildman–Crippen LogP) is 4.30. The highest BCUT2D eigenvalue weighted by molar-refractivity contribution is 14.1. The zero-order valence-electron chi connectivity index (χ0n) is 10.2. The van der Waals surface area contributed by atoms with E-state index in [1.54, 1.807) is 0 Å². The minimum Gasteiger partial charge on any atom is -0.376 e. The Bertz CT molecular complexity index is 271. The number of alkyl halides is 1. The monoisotopic (exact) mass is 332 g/mol. The number of benzene rings is 1. The molecule has 0 aliphatic carbocycles. The molecule has 0 aliphatic heterocycles. The smallest absolute Gasteiger partial charge is 0.0717 e. The van der Waals surface area contributed by atoms with Gasteiger partial charge in [0, 0.05) is 4.43 Å². The molecule has 0 spiro atoms. The van der Waals surface area contributed by atoms with Gasteiger partial charge in [0.05, 0.1) is 13.2 Å². The molecule has 0 saturated carbocycles. The summed E-state index contributed by atoms with van der Waals surface area (Å²) in [6, 6.07) is 10.4. The van der Waals surface area contributed by atoms with Gasteiger partial charge in [0.1, 0.15) is 0 Å². The fourth-order valence-electron chi connectivity index (χ4n) is 1.76. The normalized spacial score (nSPS) is 13.0. The molecule has 0 radical (unpaired) electrons. The molecule has 1 atom stereocenters. The lowest BCUT2D eigenvalue weighted by Gasteiger charge is -2.16. The van der Waals surface area contributed by atoms with Crippen LogP contribution in [0.4, 0.5) is 0 Å². The summed E-state index contributed by atoms with van der Waals surface area (Å²) in [5.74, 6) is 1.46. The molecule has 0 bridgehead atoms. The maximum Gasteiger partial charge on any atom is 0.0717 e. The van der Waals surface area contributed by atoms with Crippen LogP contribution >= 0.6 is 22.6 Å². The van der Waals surface area contributed by atoms with Crippen molar-refractivity contribution in [1.82, 2.24) is 0 Å². The second-order valence-corrected chi connectivity index (χ2v) is 5.53. The standard InChI is InChI=1S/C14H21IO/c1-12(2)8-14(9-15)11-16-10-13-6-4-3-5-7-13/h3-7,12,14H,8-11H2,1-2H3/t14-/m1/s1. The summed E-state index contributed by atoms with van der Waals surface area (Å²) in [5, 5.41) is 0. The van der Waals surface area contributed by atoms with Gasteiger partial charge in [-0.2, -0.15) is 0 Å². The molecule has 0 aliphatic rings. The maximum atomic E-state index is 5.77. The first-order valence-corrected chi connectivity index (χ1v) is 7.42. The van der Waals surface area contributed by atoms with Crippen LogP contribution < -0.4 is 0 Å². The van der Waals surface area contributed by atoms with Crippen LogP contribution in [0.5, 0.6) is 0 Å². The van der Waals surface area contributed by atoms with Gasteiger partial charge in [0.15, 0.2) is 0 Å². The van der Waals surface area contributed by atoms with Crippen molar-refractivity contribution >= 4 is 22.6 Å². The first-order chi connectivity index (χ1) is 7.72. The van der Waals surface area contributed by atoms with Crippen molar-refractivity contribution < 1.29 is 4.74 Å². The molecular weight excluding hydrogens is 311 g/mol. The van der Waals surface area contributed by atoms with E-state index in [9.17, 15) is 0 Å². The Balaban J connectivity index is 2.23. The van der Waals surface area contributed by atoms with Gasteiger partial charge in [-0.15, -0.1) is 0 Å². The summed E-state index contributed by atoms with van der Waals surface area (Å²) in [4.78, 5) is 0. The molecule has 0 heterocycles. The van der Waals surface area contributed by atoms with Gasteiger partial charge < -0.3 is 4.74 Å². The average Bonchev–Trinajstić information content (AvgIpc) is 2.28. The molecule has 0 N–H and O–H groups in total. The first kappa shape index (κ1) is 14.0. The van der Waals surface area contributed by atoms with Crippen LogP contribution in [0.25, 0.3) is 0 Å². The van der Waals surface area contributed by atoms with E-state index in [-0.39, 0.29) is 0 Å². The molecule has 0 unspecified atom stereocenters. The molecule has 1 aromatic carbocycles. The quantitative estimate of drug-likeness (QED) is 0.534. The van der Waals surface area contributed by atoms with Gasteiger partial charge in [0.2, 0.25) is 0 Å². The largest absolute Gasteiger partial charge is 0.376 e. The molecule has 16 heavy (non-hydrogen) atoms. The SMILES string of the molecule is CC(C)C[C@H](CI)COCc1ccccc1. The van der Waals surface area contributed by atoms with Crippen molar-refractivity contribution in [3.8, 4) is 0 Å². The number of rotatable bonds is 7. The number of halogens is 1. The minimum absolute atomic E-state index is 0.698. The van der Waals surface area contributed by atoms with E-state index >= 15 is 0 Å². The lowest BCUT2D eigenvalue weighted by Crippen LogP contribution is -2.13. The Morgan fingerprint density at radius 1 is 1.19 bits per heavy atom. The number of ether oxygens (including phenoxy) is 1. The highest BCUT2D eigenvalue weighted by atomic mass is 127. The number of hydrogen-bond donors (Lipinski definition) is 0. The van der Waals surface area contributed by atoms with Gasteiger partial charge in [-0.3, -0.25) is 0 Å². The molecule has 0 amide bonds. The molecule has 0 fully saturated rings. The molecule has 0 aromatic heterocycles. The topological polar surface area (TPSA) is 9.23 Å². The van der Waals surface area contributed by atoms with Crippen molar-refractivity contribution in [1.29, 1.82) is 0 Å². The summed E-state index contributed by atoms with van der Waals surface area (Å²) < 4.78 is 6.95. The van der Waals surface area contributed by atoms with Crippen molar-refractivity contribution in [3.05, 3.63) is 35.9 Å². The molecular formula is C14H21IO. The van der Waals surface area contributed by atoms with Crippen molar-refractivity contribution in [2.75, 3.05) is 11.0 Å². The Labute approximate surface area is 113 Å². The van der Waals surface area contributed by atoms with Crippen LogP contribution in [-0.4, -0.2) is 11.0 Å². The van der Waals surface area contributed by atoms with Gasteiger partial charge >= 0.3 is 0 Å². The second-order valence-electron chi connectivity index (χ2n) is 4.65. The highest BCUT2D eigenvalue weighted by Gasteiger charge is 2.09. The van der Waals surface area contributed by atoms with E-state index in [2.05, 4.69) is 60.7 Å². The summed E-state index contributed by atoms with van der Waals surface area (Å²) in [6.45, 7) is 6.18. The Hall–Kier alpha value is -0.0900. The van der Waals surface area contributed by atoms with E-state index < -0.39 is 0 Å². The number of hydrogen-bond acceptors (Lipinski definition) is 1. The summed E-state index contributed by atoms with van der Waals surface area (Å²) in [6.07, 6.45) is 1.26. The van der Waals surface area contributed by atoms with Crippen LogP contribution in [0.2, 0.25) is 0 Å². The minimum atomic E-state index is 0.698. The molecule has 0 saturated heterocycles. The Kier molecular flexibility index (Phi) is 7.05. The zero-order valence-corrected chi connectivity index (χ0v) is 12.3. The fraction of sp³-hybridized carbons (Fsp3) is 0.571. The van der Waals surface area contributed by atoms with E-state index in [0.29, 0.717) is 5.92 Å². The molecule has 1 nitrogen and oxygen atoms in total. The lowest BCUT2D eigenvalue weighted by molar-refractivity contribution is 0.0879. The van der Waals surface area contributed by atoms with Gasteiger partial charge in [-0.25, -0.2) is 0 Å². The predicted molar refractivity (Wildman–Crippen MR) is 77.9 cm³/mol. The third-order valence-electron chi connectivity index (χ3n) is 2.49. The second kappa shape index (κ2) is 8.07. The van der Waals surface area contributed by atoms with Crippen molar-refractivity contribution in [3.63, 3.8) is 0 Å². The Morgan fingerprint density at radius 3 is 2.44 bits per heavy atom. The third-order valence-corrected chi connectivity index (χ3v) is 3.73. The van der Waals surface area contributed by atoms with E-state index in [1.165, 1.54) is 16.4 Å². The molecule has 1 aromatic rings. The van der Waals surface area contributed by atoms with Gasteiger partial charge in [-0.1, -0.05) is 66.8 Å². The maximum absolute atomic E-state index is 5.77. The summed E-state index contributed by atoms with van der Waals surface area (Å²) in [7, 11) is 0. The molecule has 2 heteroatoms. The Morgan fingerprint density at radius 2 is 1.88 bits per heavy atom. The fourth-order valence-corrected chi connectivity index (χ4v) is 2.37. The van der Waals surface area contributed by atoms with Crippen LogP contribution in [-0.2, 0) is 11.3 Å². The van der Waals surface area contributed by atoms with Crippen molar-refractivity contribution in [2.45, 2.75) is 26.9 Å². The van der Waals surface area contributed by atoms with Crippen LogP contribution in [0.15, 0.2) is 30.3 Å². The molecule has 90 valence electrons. The van der Waals surface area contributed by atoms with Crippen LogP contribution in [0, 0.1) is 11.8 Å². The van der Waals surface area contributed by atoms with E-state index in [4.69, 9.17) is 4.74 Å². The third kappa shape index (κ3) is 5.85. The summed E-state index contributed by atoms with van der Waals surface area (Å²) in [5.41, 5.74) is 1.26. The van der Waals surface area contributed by atoms with Crippen LogP contribution in [0.1, 0.15) is 25.8 Å². The summed E-state index contributed by atoms with van der Waals surface area (Å²) >= 11 is 2.46. The molecule has 1 rings (SSSR count). The van der Waals surface area contributed by atoms with Gasteiger partial charge in [-0.05, 0) is 23.8 Å². The first-order valence-electron chi connectivity index (χ1n) is 5.90. The highest BCUT2D eigenvalue weighted by Crippen LogP contribution is 2.15. The zero-order chi connectivity index (χ0) is 11.8. The van der Waals surface area contributed by atoms with E-state index in [0.717, 1.165) is 19.1 Å². The van der Waals surface area contributed by atoms with Crippen LogP contribution in [0.3, 0.4) is 0 Å². The average molecular weight is 332 g/mol.